The van der Waals surface area contributed by atoms with Crippen LogP contribution in [0.25, 0.3) is 22.5 Å². The lowest BCUT2D eigenvalue weighted by atomic mass is 10.1. The van der Waals surface area contributed by atoms with Gasteiger partial charge in [-0.3, -0.25) is 0 Å². The Balaban J connectivity index is 1.68. The Morgan fingerprint density at radius 2 is 2.00 bits per heavy atom. The molecule has 0 spiro atoms. The van der Waals surface area contributed by atoms with Gasteiger partial charge in [-0.2, -0.15) is 0 Å². The van der Waals surface area contributed by atoms with Crippen LogP contribution < -0.4 is 11.1 Å². The van der Waals surface area contributed by atoms with Gasteiger partial charge in [0, 0.05) is 11.9 Å². The van der Waals surface area contributed by atoms with Crippen LogP contribution in [-0.2, 0) is 0 Å². The van der Waals surface area contributed by atoms with Crippen molar-refractivity contribution in [3.63, 3.8) is 0 Å². The van der Waals surface area contributed by atoms with Gasteiger partial charge < -0.3 is 15.6 Å². The number of benzene rings is 1. The van der Waals surface area contributed by atoms with Crippen molar-refractivity contribution in [3.8, 4) is 22.5 Å². The van der Waals surface area contributed by atoms with Crippen LogP contribution in [0.4, 0.5) is 5.13 Å². The van der Waals surface area contributed by atoms with E-state index < -0.39 is 0 Å². The summed E-state index contributed by atoms with van der Waals surface area (Å²) >= 11 is 1.59. The average Bonchev–Trinajstić information content (AvgIpc) is 3.24. The largest absolute Gasteiger partial charge is 0.363 e. The first-order valence-corrected chi connectivity index (χ1v) is 8.66. The fraction of sp³-hybridized carbons (Fsp3) is 0.294. The number of unbranched alkanes of at least 4 members (excludes halogenated alkanes) is 2. The lowest BCUT2D eigenvalue weighted by Crippen LogP contribution is -2.03. The number of nitrogens with zero attached hydrogens (tertiary/aromatic N) is 2. The van der Waals surface area contributed by atoms with Crippen molar-refractivity contribution >= 4 is 16.5 Å². The summed E-state index contributed by atoms with van der Waals surface area (Å²) in [5.74, 6) is 0. The Hall–Kier alpha value is -2.18. The van der Waals surface area contributed by atoms with E-state index in [9.17, 15) is 0 Å². The van der Waals surface area contributed by atoms with Crippen molar-refractivity contribution in [2.45, 2.75) is 19.3 Å². The second-order valence-electron chi connectivity index (χ2n) is 5.26. The molecule has 1 aromatic carbocycles. The molecule has 3 N–H and O–H groups in total. The molecule has 2 aromatic heterocycles. The van der Waals surface area contributed by atoms with E-state index in [1.54, 1.807) is 17.6 Å². The standard InChI is InChI=1S/C17H20N4OS/c18-9-5-2-6-10-19-17-20-15(12-23-17)16-14(11-22-21-16)13-7-3-1-4-8-13/h1,3-4,7-8,11-12H,2,5-6,9-10,18H2,(H,19,20). The zero-order valence-corrected chi connectivity index (χ0v) is 13.7. The quantitative estimate of drug-likeness (QED) is 0.611. The van der Waals surface area contributed by atoms with Gasteiger partial charge >= 0.3 is 0 Å². The molecule has 0 bridgehead atoms. The summed E-state index contributed by atoms with van der Waals surface area (Å²) in [5.41, 5.74) is 9.16. The summed E-state index contributed by atoms with van der Waals surface area (Å²) in [6.45, 7) is 1.67. The minimum Gasteiger partial charge on any atom is -0.363 e. The van der Waals surface area contributed by atoms with E-state index in [1.807, 2.05) is 35.7 Å². The second kappa shape index (κ2) is 7.89. The molecule has 0 aliphatic rings. The highest BCUT2D eigenvalue weighted by atomic mass is 32.1. The summed E-state index contributed by atoms with van der Waals surface area (Å²) < 4.78 is 5.17. The molecule has 0 radical (unpaired) electrons. The highest BCUT2D eigenvalue weighted by Crippen LogP contribution is 2.32. The number of aromatic nitrogens is 2. The minimum atomic E-state index is 0.760. The summed E-state index contributed by atoms with van der Waals surface area (Å²) in [5, 5.41) is 10.4. The van der Waals surface area contributed by atoms with Gasteiger partial charge in [-0.25, -0.2) is 4.98 Å². The molecule has 6 heteroatoms. The number of hydrogen-bond donors (Lipinski definition) is 2. The smallest absolute Gasteiger partial charge is 0.183 e. The summed E-state index contributed by atoms with van der Waals surface area (Å²) in [6, 6.07) is 10.1. The maximum absolute atomic E-state index is 5.50. The lowest BCUT2D eigenvalue weighted by molar-refractivity contribution is 0.422. The highest BCUT2D eigenvalue weighted by Gasteiger charge is 2.15. The average molecular weight is 328 g/mol. The van der Waals surface area contributed by atoms with E-state index >= 15 is 0 Å². The number of nitrogens with two attached hydrogens (primary N) is 1. The SMILES string of the molecule is NCCCCCNc1nc(-c2nocc2-c2ccccc2)cs1. The number of rotatable bonds is 8. The van der Waals surface area contributed by atoms with Gasteiger partial charge in [-0.1, -0.05) is 41.9 Å². The first-order chi connectivity index (χ1) is 11.4. The van der Waals surface area contributed by atoms with Crippen LogP contribution in [0.5, 0.6) is 0 Å². The van der Waals surface area contributed by atoms with E-state index in [2.05, 4.69) is 15.5 Å². The predicted octanol–water partition coefficient (Wildman–Crippen LogP) is 4.01. The molecule has 0 amide bonds. The molecule has 0 unspecified atom stereocenters. The summed E-state index contributed by atoms with van der Waals surface area (Å²) in [7, 11) is 0. The lowest BCUT2D eigenvalue weighted by Gasteiger charge is -2.01. The Morgan fingerprint density at radius 1 is 1.13 bits per heavy atom. The molecule has 2 heterocycles. The molecular formula is C17H20N4OS. The van der Waals surface area contributed by atoms with Gasteiger partial charge in [0.05, 0.1) is 5.56 Å². The van der Waals surface area contributed by atoms with Crippen LogP contribution in [0.3, 0.4) is 0 Å². The third-order valence-electron chi connectivity index (χ3n) is 3.56. The van der Waals surface area contributed by atoms with Crippen LogP contribution in [-0.4, -0.2) is 23.2 Å². The molecule has 120 valence electrons. The normalized spacial score (nSPS) is 10.8. The number of anilines is 1. The van der Waals surface area contributed by atoms with E-state index in [0.29, 0.717) is 0 Å². The molecule has 0 aliphatic heterocycles. The number of thiazole rings is 1. The Bertz CT molecular complexity index is 723. The van der Waals surface area contributed by atoms with Crippen molar-refractivity contribution in [3.05, 3.63) is 42.0 Å². The monoisotopic (exact) mass is 328 g/mol. The molecule has 0 atom stereocenters. The number of hydrogen-bond acceptors (Lipinski definition) is 6. The molecule has 0 saturated carbocycles. The van der Waals surface area contributed by atoms with Gasteiger partial charge in [-0.05, 0) is 24.9 Å². The first-order valence-electron chi connectivity index (χ1n) is 7.78. The van der Waals surface area contributed by atoms with Crippen LogP contribution in [0.15, 0.2) is 46.5 Å². The molecular weight excluding hydrogens is 308 g/mol. The van der Waals surface area contributed by atoms with Crippen molar-refractivity contribution < 1.29 is 4.52 Å². The van der Waals surface area contributed by atoms with Crippen molar-refractivity contribution in [2.75, 3.05) is 18.4 Å². The van der Waals surface area contributed by atoms with Crippen LogP contribution >= 0.6 is 11.3 Å². The Morgan fingerprint density at radius 3 is 2.83 bits per heavy atom. The van der Waals surface area contributed by atoms with E-state index in [4.69, 9.17) is 10.3 Å². The van der Waals surface area contributed by atoms with Crippen LogP contribution in [0.2, 0.25) is 0 Å². The zero-order valence-electron chi connectivity index (χ0n) is 12.9. The van der Waals surface area contributed by atoms with Crippen molar-refractivity contribution in [1.82, 2.24) is 10.1 Å². The van der Waals surface area contributed by atoms with E-state index in [-0.39, 0.29) is 0 Å². The van der Waals surface area contributed by atoms with Gasteiger partial charge in [0.2, 0.25) is 0 Å². The van der Waals surface area contributed by atoms with E-state index in [0.717, 1.165) is 60.0 Å². The van der Waals surface area contributed by atoms with Crippen LogP contribution in [0, 0.1) is 0 Å². The minimum absolute atomic E-state index is 0.760. The molecule has 0 saturated heterocycles. The van der Waals surface area contributed by atoms with Crippen molar-refractivity contribution in [2.24, 2.45) is 5.73 Å². The fourth-order valence-electron chi connectivity index (χ4n) is 2.35. The molecule has 3 aromatic rings. The maximum atomic E-state index is 5.50. The topological polar surface area (TPSA) is 77.0 Å². The summed E-state index contributed by atoms with van der Waals surface area (Å²) in [6.07, 6.45) is 4.99. The van der Waals surface area contributed by atoms with Gasteiger partial charge in [0.15, 0.2) is 5.13 Å². The van der Waals surface area contributed by atoms with Gasteiger partial charge in [0.25, 0.3) is 0 Å². The summed E-state index contributed by atoms with van der Waals surface area (Å²) in [4.78, 5) is 4.62. The third kappa shape index (κ3) is 3.97. The molecule has 5 nitrogen and oxygen atoms in total. The fourth-order valence-corrected chi connectivity index (χ4v) is 3.07. The second-order valence-corrected chi connectivity index (χ2v) is 6.11. The van der Waals surface area contributed by atoms with Crippen LogP contribution in [0.1, 0.15) is 19.3 Å². The predicted molar refractivity (Wildman–Crippen MR) is 94.4 cm³/mol. The van der Waals surface area contributed by atoms with Gasteiger partial charge in [-0.15, -0.1) is 11.3 Å². The highest BCUT2D eigenvalue weighted by molar-refractivity contribution is 7.14. The van der Waals surface area contributed by atoms with Gasteiger partial charge in [0.1, 0.15) is 17.7 Å². The Labute approximate surface area is 139 Å². The van der Waals surface area contributed by atoms with E-state index in [1.165, 1.54) is 0 Å². The maximum Gasteiger partial charge on any atom is 0.183 e. The van der Waals surface area contributed by atoms with Crippen molar-refractivity contribution in [1.29, 1.82) is 0 Å². The molecule has 0 fully saturated rings. The Kier molecular flexibility index (Phi) is 5.39. The molecule has 0 aliphatic carbocycles. The third-order valence-corrected chi connectivity index (χ3v) is 4.36. The molecule has 23 heavy (non-hydrogen) atoms. The first kappa shape index (κ1) is 15.7. The zero-order chi connectivity index (χ0) is 15.9. The molecule has 3 rings (SSSR count). The number of nitrogens with one attached hydrogen (secondary N) is 1.